The van der Waals surface area contributed by atoms with Crippen LogP contribution in [0.1, 0.15) is 17.3 Å². The summed E-state index contributed by atoms with van der Waals surface area (Å²) in [5.74, 6) is 1.09. The summed E-state index contributed by atoms with van der Waals surface area (Å²) in [5, 5.41) is 11.4. The largest absolute Gasteiger partial charge is 0.399 e. The van der Waals surface area contributed by atoms with Crippen molar-refractivity contribution in [1.29, 1.82) is 0 Å². The highest BCUT2D eigenvalue weighted by molar-refractivity contribution is 7.10. The van der Waals surface area contributed by atoms with Gasteiger partial charge in [0.15, 0.2) is 0 Å². The summed E-state index contributed by atoms with van der Waals surface area (Å²) in [6.45, 7) is 0.970. The van der Waals surface area contributed by atoms with Crippen LogP contribution in [0.5, 0.6) is 0 Å². The highest BCUT2D eigenvalue weighted by atomic mass is 32.1. The molecule has 0 fully saturated rings. The van der Waals surface area contributed by atoms with Gasteiger partial charge in [0.05, 0.1) is 11.6 Å². The molecule has 1 aromatic carbocycles. The molecule has 0 amide bonds. The number of nitrogens with two attached hydrogens (primary N) is 1. The molecule has 3 N–H and O–H groups in total. The van der Waals surface area contributed by atoms with Gasteiger partial charge in [-0.3, -0.25) is 0 Å². The number of anilines is 2. The molecule has 4 rings (SSSR count). The second-order valence-corrected chi connectivity index (χ2v) is 5.80. The second kappa shape index (κ2) is 3.99. The van der Waals surface area contributed by atoms with E-state index >= 15 is 0 Å². The molecule has 0 radical (unpaired) electrons. The Morgan fingerprint density at radius 3 is 3.16 bits per heavy atom. The summed E-state index contributed by atoms with van der Waals surface area (Å²) in [4.78, 5) is 1.36. The SMILES string of the molecule is Nc1ccc2nn3c(c2c1)NCCC3c1cccs1. The summed E-state index contributed by atoms with van der Waals surface area (Å²) in [6.07, 6.45) is 1.07. The zero-order valence-electron chi connectivity index (χ0n) is 10.3. The molecule has 4 nitrogen and oxygen atoms in total. The van der Waals surface area contributed by atoms with Crippen molar-refractivity contribution in [2.75, 3.05) is 17.6 Å². The Morgan fingerprint density at radius 1 is 1.37 bits per heavy atom. The molecule has 2 aromatic heterocycles. The third-order valence-corrected chi connectivity index (χ3v) is 4.57. The van der Waals surface area contributed by atoms with Crippen molar-refractivity contribution >= 4 is 33.7 Å². The summed E-state index contributed by atoms with van der Waals surface area (Å²) >= 11 is 1.79. The Morgan fingerprint density at radius 2 is 2.32 bits per heavy atom. The molecule has 0 spiro atoms. The molecular weight excluding hydrogens is 256 g/mol. The first kappa shape index (κ1) is 10.9. The van der Waals surface area contributed by atoms with Crippen molar-refractivity contribution in [3.05, 3.63) is 40.6 Å². The fourth-order valence-corrected chi connectivity index (χ4v) is 3.56. The van der Waals surface area contributed by atoms with Crippen LogP contribution in [-0.2, 0) is 0 Å². The fraction of sp³-hybridized carbons (Fsp3) is 0.214. The maximum Gasteiger partial charge on any atom is 0.133 e. The van der Waals surface area contributed by atoms with Crippen LogP contribution in [0.3, 0.4) is 0 Å². The van der Waals surface area contributed by atoms with E-state index < -0.39 is 0 Å². The van der Waals surface area contributed by atoms with Crippen molar-refractivity contribution < 1.29 is 0 Å². The van der Waals surface area contributed by atoms with Gasteiger partial charge in [-0.2, -0.15) is 5.10 Å². The quantitative estimate of drug-likeness (QED) is 0.668. The van der Waals surface area contributed by atoms with Crippen LogP contribution in [-0.4, -0.2) is 16.3 Å². The number of nitrogens with one attached hydrogen (secondary N) is 1. The monoisotopic (exact) mass is 270 g/mol. The molecule has 1 aliphatic heterocycles. The molecule has 3 heterocycles. The normalized spacial score (nSPS) is 18.2. The fourth-order valence-electron chi connectivity index (χ4n) is 2.71. The van der Waals surface area contributed by atoms with Gasteiger partial charge in [0.1, 0.15) is 5.82 Å². The van der Waals surface area contributed by atoms with Gasteiger partial charge in [0.2, 0.25) is 0 Å². The minimum Gasteiger partial charge on any atom is -0.399 e. The van der Waals surface area contributed by atoms with Crippen molar-refractivity contribution in [1.82, 2.24) is 9.78 Å². The van der Waals surface area contributed by atoms with Crippen LogP contribution >= 0.6 is 11.3 Å². The zero-order chi connectivity index (χ0) is 12.8. The van der Waals surface area contributed by atoms with Crippen LogP contribution < -0.4 is 11.1 Å². The lowest BCUT2D eigenvalue weighted by Gasteiger charge is -2.25. The van der Waals surface area contributed by atoms with E-state index in [2.05, 4.69) is 27.5 Å². The third kappa shape index (κ3) is 1.62. The second-order valence-electron chi connectivity index (χ2n) is 4.82. The van der Waals surface area contributed by atoms with Crippen molar-refractivity contribution in [2.45, 2.75) is 12.5 Å². The lowest BCUT2D eigenvalue weighted by molar-refractivity contribution is 0.492. The Labute approximate surface area is 114 Å². The summed E-state index contributed by atoms with van der Waals surface area (Å²) < 4.78 is 2.11. The van der Waals surface area contributed by atoms with Crippen LogP contribution in [0.25, 0.3) is 10.9 Å². The molecule has 0 saturated heterocycles. The zero-order valence-corrected chi connectivity index (χ0v) is 11.2. The number of hydrogen-bond acceptors (Lipinski definition) is 4. The van der Waals surface area contributed by atoms with Gasteiger partial charge in [-0.25, -0.2) is 4.68 Å². The Balaban J connectivity index is 1.94. The molecule has 1 unspecified atom stereocenters. The molecule has 1 aliphatic rings. The van der Waals surface area contributed by atoms with Crippen LogP contribution in [0.4, 0.5) is 11.5 Å². The first-order chi connectivity index (χ1) is 9.33. The molecule has 0 bridgehead atoms. The summed E-state index contributed by atoms with van der Waals surface area (Å²) in [7, 11) is 0. The number of nitrogens with zero attached hydrogens (tertiary/aromatic N) is 2. The average Bonchev–Trinajstić information content (AvgIpc) is 3.05. The van der Waals surface area contributed by atoms with Gasteiger partial charge in [-0.05, 0) is 36.1 Å². The van der Waals surface area contributed by atoms with E-state index in [1.54, 1.807) is 11.3 Å². The topological polar surface area (TPSA) is 55.9 Å². The first-order valence-electron chi connectivity index (χ1n) is 6.38. The van der Waals surface area contributed by atoms with Gasteiger partial charge >= 0.3 is 0 Å². The number of thiophene rings is 1. The lowest BCUT2D eigenvalue weighted by Crippen LogP contribution is -2.23. The summed E-state index contributed by atoms with van der Waals surface area (Å²) in [6, 6.07) is 10.5. The molecule has 0 saturated carbocycles. The predicted octanol–water partition coefficient (Wildman–Crippen LogP) is 3.09. The van der Waals surface area contributed by atoms with Gasteiger partial charge in [0.25, 0.3) is 0 Å². The van der Waals surface area contributed by atoms with Gasteiger partial charge in [0, 0.05) is 22.5 Å². The van der Waals surface area contributed by atoms with E-state index in [0.717, 1.165) is 35.4 Å². The average molecular weight is 270 g/mol. The van der Waals surface area contributed by atoms with E-state index in [1.165, 1.54) is 4.88 Å². The number of nitrogen functional groups attached to an aromatic ring is 1. The van der Waals surface area contributed by atoms with Gasteiger partial charge in [-0.15, -0.1) is 11.3 Å². The Kier molecular flexibility index (Phi) is 2.29. The van der Waals surface area contributed by atoms with E-state index in [1.807, 2.05) is 18.2 Å². The number of benzene rings is 1. The van der Waals surface area contributed by atoms with Crippen molar-refractivity contribution in [3.8, 4) is 0 Å². The minimum absolute atomic E-state index is 0.338. The van der Waals surface area contributed by atoms with Crippen LogP contribution in [0, 0.1) is 0 Å². The predicted molar refractivity (Wildman–Crippen MR) is 79.7 cm³/mol. The molecule has 96 valence electrons. The van der Waals surface area contributed by atoms with Crippen LogP contribution in [0.15, 0.2) is 35.7 Å². The van der Waals surface area contributed by atoms with E-state index in [0.29, 0.717) is 6.04 Å². The van der Waals surface area contributed by atoms with Crippen molar-refractivity contribution in [2.24, 2.45) is 0 Å². The summed E-state index contributed by atoms with van der Waals surface area (Å²) in [5.41, 5.74) is 7.66. The van der Waals surface area contributed by atoms with E-state index in [4.69, 9.17) is 10.8 Å². The first-order valence-corrected chi connectivity index (χ1v) is 7.26. The molecular formula is C14H14N4S. The van der Waals surface area contributed by atoms with Crippen molar-refractivity contribution in [3.63, 3.8) is 0 Å². The number of rotatable bonds is 1. The maximum atomic E-state index is 5.88. The highest BCUT2D eigenvalue weighted by Gasteiger charge is 2.25. The van der Waals surface area contributed by atoms with E-state index in [9.17, 15) is 0 Å². The standard InChI is InChI=1S/C14H14N4S/c15-9-3-4-11-10(8-9)14-16-6-5-12(18(14)17-11)13-2-1-7-19-13/h1-4,7-8,12,16H,5-6,15H2. The number of fused-ring (bicyclic) bond motifs is 3. The van der Waals surface area contributed by atoms with Gasteiger partial charge in [-0.1, -0.05) is 6.07 Å². The molecule has 0 aliphatic carbocycles. The lowest BCUT2D eigenvalue weighted by atomic mass is 10.1. The maximum absolute atomic E-state index is 5.88. The minimum atomic E-state index is 0.338. The van der Waals surface area contributed by atoms with Crippen LogP contribution in [0.2, 0.25) is 0 Å². The molecule has 5 heteroatoms. The Hall–Kier alpha value is -2.01. The number of aromatic nitrogens is 2. The molecule has 1 atom stereocenters. The van der Waals surface area contributed by atoms with Gasteiger partial charge < -0.3 is 11.1 Å². The number of hydrogen-bond donors (Lipinski definition) is 2. The Bertz CT molecular complexity index is 729. The molecule has 3 aromatic rings. The molecule has 19 heavy (non-hydrogen) atoms. The highest BCUT2D eigenvalue weighted by Crippen LogP contribution is 2.36. The third-order valence-electron chi connectivity index (χ3n) is 3.60. The smallest absolute Gasteiger partial charge is 0.133 e. The van der Waals surface area contributed by atoms with E-state index in [-0.39, 0.29) is 0 Å².